The van der Waals surface area contributed by atoms with Gasteiger partial charge in [0.05, 0.1) is 5.56 Å². The van der Waals surface area contributed by atoms with E-state index in [9.17, 15) is 13.2 Å². The molecule has 1 heterocycles. The number of nitrogens with zero attached hydrogens (tertiary/aromatic N) is 1. The van der Waals surface area contributed by atoms with Crippen LogP contribution in [0.15, 0.2) is 30.5 Å². The average Bonchev–Trinajstić information content (AvgIpc) is 2.70. The van der Waals surface area contributed by atoms with E-state index >= 15 is 0 Å². The molecule has 0 unspecified atom stereocenters. The molecule has 1 aromatic carbocycles. The zero-order valence-electron chi connectivity index (χ0n) is 11.4. The summed E-state index contributed by atoms with van der Waals surface area (Å²) in [5.74, 6) is 0. The molecule has 0 fully saturated rings. The first-order valence-corrected chi connectivity index (χ1v) is 6.50. The van der Waals surface area contributed by atoms with E-state index in [0.29, 0.717) is 10.5 Å². The lowest BCUT2D eigenvalue weighted by atomic mass is 9.92. The Morgan fingerprint density at radius 1 is 1.15 bits per heavy atom. The maximum Gasteiger partial charge on any atom is 0.416 e. The van der Waals surface area contributed by atoms with Gasteiger partial charge in [-0.15, -0.1) is 0 Å². The Balaban J connectivity index is 2.64. The first-order chi connectivity index (χ1) is 9.10. The van der Waals surface area contributed by atoms with E-state index in [1.54, 1.807) is 16.8 Å². The number of halogens is 3. The second-order valence-electron chi connectivity index (χ2n) is 5.61. The van der Waals surface area contributed by atoms with Crippen LogP contribution < -0.4 is 0 Å². The molecule has 0 saturated carbocycles. The summed E-state index contributed by atoms with van der Waals surface area (Å²) >= 11 is 5.19. The number of benzene rings is 1. The van der Waals surface area contributed by atoms with Gasteiger partial charge < -0.3 is 4.98 Å². The number of hydrogen-bond acceptors (Lipinski definition) is 1. The molecule has 0 spiro atoms. The van der Waals surface area contributed by atoms with Crippen molar-refractivity contribution in [1.29, 1.82) is 0 Å². The Hall–Kier alpha value is -1.56. The predicted octanol–water partition coefficient (Wildman–Crippen LogP) is 4.85. The van der Waals surface area contributed by atoms with Gasteiger partial charge in [0.1, 0.15) is 0 Å². The third kappa shape index (κ3) is 2.80. The molecule has 0 aliphatic heterocycles. The minimum Gasteiger partial charge on any atom is -0.337 e. The largest absolute Gasteiger partial charge is 0.416 e. The van der Waals surface area contributed by atoms with Gasteiger partial charge in [-0.3, -0.25) is 4.57 Å². The van der Waals surface area contributed by atoms with Crippen molar-refractivity contribution in [2.45, 2.75) is 32.4 Å². The van der Waals surface area contributed by atoms with Crippen LogP contribution >= 0.6 is 12.2 Å². The third-order valence-electron chi connectivity index (χ3n) is 2.98. The summed E-state index contributed by atoms with van der Waals surface area (Å²) in [4.78, 5) is 2.90. The van der Waals surface area contributed by atoms with E-state index in [1.807, 2.05) is 20.8 Å². The molecule has 1 aromatic heterocycles. The van der Waals surface area contributed by atoms with Crippen LogP contribution in [0.5, 0.6) is 0 Å². The highest BCUT2D eigenvalue weighted by atomic mass is 32.1. The fraction of sp³-hybridized carbons (Fsp3) is 0.357. The van der Waals surface area contributed by atoms with Gasteiger partial charge in [0, 0.05) is 23.0 Å². The van der Waals surface area contributed by atoms with Crippen LogP contribution in [0.3, 0.4) is 0 Å². The van der Waals surface area contributed by atoms with Crippen LogP contribution in [0, 0.1) is 4.77 Å². The molecule has 0 atom stereocenters. The molecule has 20 heavy (non-hydrogen) atoms. The summed E-state index contributed by atoms with van der Waals surface area (Å²) < 4.78 is 40.4. The van der Waals surface area contributed by atoms with Crippen LogP contribution in [0.2, 0.25) is 0 Å². The maximum absolute atomic E-state index is 12.8. The number of H-pyrrole nitrogens is 1. The highest BCUT2D eigenvalue weighted by Gasteiger charge is 2.31. The Kier molecular flexibility index (Phi) is 3.54. The summed E-state index contributed by atoms with van der Waals surface area (Å²) in [6.07, 6.45) is -2.63. The van der Waals surface area contributed by atoms with Crippen LogP contribution in [0.4, 0.5) is 13.2 Å². The fourth-order valence-corrected chi connectivity index (χ4v) is 2.26. The number of alkyl halides is 3. The number of nitrogens with one attached hydrogen (secondary N) is 1. The van der Waals surface area contributed by atoms with E-state index in [-0.39, 0.29) is 5.41 Å². The molecule has 1 N–H and O–H groups in total. The fourth-order valence-electron chi connectivity index (χ4n) is 2.00. The molecular weight excluding hydrogens is 285 g/mol. The van der Waals surface area contributed by atoms with Crippen LogP contribution in [0.1, 0.15) is 32.0 Å². The van der Waals surface area contributed by atoms with Crippen molar-refractivity contribution in [3.63, 3.8) is 0 Å². The third-order valence-corrected chi connectivity index (χ3v) is 3.28. The molecule has 0 amide bonds. The minimum atomic E-state index is -4.36. The topological polar surface area (TPSA) is 20.7 Å². The lowest BCUT2D eigenvalue weighted by Gasteiger charge is -2.21. The van der Waals surface area contributed by atoms with Crippen molar-refractivity contribution in [2.75, 3.05) is 0 Å². The van der Waals surface area contributed by atoms with Gasteiger partial charge in [-0.1, -0.05) is 26.8 Å². The molecule has 0 bridgehead atoms. The van der Waals surface area contributed by atoms with E-state index in [2.05, 4.69) is 4.98 Å². The first kappa shape index (κ1) is 14.8. The highest BCUT2D eigenvalue weighted by Crippen LogP contribution is 2.32. The molecule has 2 aromatic rings. The molecule has 2 rings (SSSR count). The van der Waals surface area contributed by atoms with E-state index in [1.165, 1.54) is 6.07 Å². The van der Waals surface area contributed by atoms with Crippen molar-refractivity contribution in [3.05, 3.63) is 46.5 Å². The van der Waals surface area contributed by atoms with E-state index in [0.717, 1.165) is 17.8 Å². The van der Waals surface area contributed by atoms with Crippen molar-refractivity contribution in [1.82, 2.24) is 9.55 Å². The average molecular weight is 300 g/mol. The monoisotopic (exact) mass is 300 g/mol. The summed E-state index contributed by atoms with van der Waals surface area (Å²) in [6, 6.07) is 5.17. The molecule has 0 radical (unpaired) electrons. The van der Waals surface area contributed by atoms with Crippen molar-refractivity contribution >= 4 is 12.2 Å². The summed E-state index contributed by atoms with van der Waals surface area (Å²) in [5.41, 5.74) is 0.331. The number of hydrogen-bond donors (Lipinski definition) is 1. The molecule has 0 aliphatic carbocycles. The van der Waals surface area contributed by atoms with Gasteiger partial charge in [-0.05, 0) is 30.4 Å². The SMILES string of the molecule is CC(C)(C)c1c[nH]c(=S)n1-c1cccc(C(F)(F)F)c1. The van der Waals surface area contributed by atoms with Crippen molar-refractivity contribution in [3.8, 4) is 5.69 Å². The number of rotatable bonds is 1. The van der Waals surface area contributed by atoms with Gasteiger partial charge in [0.25, 0.3) is 0 Å². The summed E-state index contributed by atoms with van der Waals surface area (Å²) in [7, 11) is 0. The second-order valence-corrected chi connectivity index (χ2v) is 6.00. The summed E-state index contributed by atoms with van der Waals surface area (Å²) in [6.45, 7) is 5.94. The Labute approximate surface area is 120 Å². The Bertz CT molecular complexity index is 675. The highest BCUT2D eigenvalue weighted by molar-refractivity contribution is 7.71. The molecule has 6 heteroatoms. The standard InChI is InChI=1S/C14H15F3N2S/c1-13(2,3)11-8-18-12(20)19(11)10-6-4-5-9(7-10)14(15,16)17/h4-8H,1-3H3,(H,18,20). The number of aromatic amines is 1. The molecule has 2 nitrogen and oxygen atoms in total. The molecule has 0 aliphatic rings. The van der Waals surface area contributed by atoms with Gasteiger partial charge in [0.2, 0.25) is 0 Å². The maximum atomic E-state index is 12.8. The predicted molar refractivity (Wildman–Crippen MR) is 74.7 cm³/mol. The number of aromatic nitrogens is 2. The Morgan fingerprint density at radius 2 is 1.80 bits per heavy atom. The van der Waals surface area contributed by atoms with Gasteiger partial charge >= 0.3 is 6.18 Å². The van der Waals surface area contributed by atoms with Gasteiger partial charge in [-0.2, -0.15) is 13.2 Å². The zero-order chi connectivity index (χ0) is 15.1. The zero-order valence-corrected chi connectivity index (χ0v) is 12.2. The van der Waals surface area contributed by atoms with Gasteiger partial charge in [0.15, 0.2) is 4.77 Å². The van der Waals surface area contributed by atoms with Gasteiger partial charge in [-0.25, -0.2) is 0 Å². The first-order valence-electron chi connectivity index (χ1n) is 6.09. The molecule has 108 valence electrons. The Morgan fingerprint density at radius 3 is 2.35 bits per heavy atom. The normalized spacial score (nSPS) is 12.7. The summed E-state index contributed by atoms with van der Waals surface area (Å²) in [5, 5.41) is 0. The molecular formula is C14H15F3N2S. The van der Waals surface area contributed by atoms with Crippen molar-refractivity contribution in [2.24, 2.45) is 0 Å². The smallest absolute Gasteiger partial charge is 0.337 e. The lowest BCUT2D eigenvalue weighted by molar-refractivity contribution is -0.137. The van der Waals surface area contributed by atoms with E-state index < -0.39 is 11.7 Å². The lowest BCUT2D eigenvalue weighted by Crippen LogP contribution is -2.17. The minimum absolute atomic E-state index is 0.234. The number of imidazole rings is 1. The van der Waals surface area contributed by atoms with Crippen molar-refractivity contribution < 1.29 is 13.2 Å². The van der Waals surface area contributed by atoms with Crippen LogP contribution in [-0.4, -0.2) is 9.55 Å². The second kappa shape index (κ2) is 4.77. The van der Waals surface area contributed by atoms with Crippen LogP contribution in [0.25, 0.3) is 5.69 Å². The molecule has 0 saturated heterocycles. The van der Waals surface area contributed by atoms with Crippen LogP contribution in [-0.2, 0) is 11.6 Å². The quantitative estimate of drug-likeness (QED) is 0.747. The van der Waals surface area contributed by atoms with E-state index in [4.69, 9.17) is 12.2 Å².